The van der Waals surface area contributed by atoms with Crippen LogP contribution >= 0.6 is 0 Å². The van der Waals surface area contributed by atoms with Crippen LogP contribution in [0.2, 0.25) is 0 Å². The molecule has 1 aliphatic rings. The van der Waals surface area contributed by atoms with Crippen molar-refractivity contribution >= 4 is 11.6 Å². The topological polar surface area (TPSA) is 58.4 Å². The Morgan fingerprint density at radius 2 is 1.59 bits per heavy atom. The summed E-state index contributed by atoms with van der Waals surface area (Å²) in [5, 5.41) is 3.36. The molecule has 2 aromatic carbocycles. The predicted octanol–water partition coefficient (Wildman–Crippen LogP) is 2.19. The second-order valence-electron chi connectivity index (χ2n) is 5.25. The Morgan fingerprint density at radius 3 is 2.14 bits per heavy atom. The number of rotatable bonds is 2. The number of para-hydroxylation sites is 1. The summed E-state index contributed by atoms with van der Waals surface area (Å²) in [5.74, 6) is -0.379. The molecule has 0 aromatic heterocycles. The maximum Gasteiger partial charge on any atom is 0.248 e. The molecular weight excluding hydrogens is 274 g/mol. The van der Waals surface area contributed by atoms with Crippen LogP contribution in [-0.4, -0.2) is 32.1 Å². The standard InChI is InChI=1S/C11H16N2.C7H7NO/c1-10-4-2-3-5-11(10)13-8-6-12-7-9-13;8-7(9)6-4-2-1-3-5-6/h2-5,12H,6-9H2,1H3;1-5H,(H2,8,9). The Morgan fingerprint density at radius 1 is 1.00 bits per heavy atom. The van der Waals surface area contributed by atoms with E-state index in [-0.39, 0.29) is 5.91 Å². The minimum absolute atomic E-state index is 0.379. The van der Waals surface area contributed by atoms with Gasteiger partial charge in [-0.3, -0.25) is 4.79 Å². The van der Waals surface area contributed by atoms with Crippen molar-refractivity contribution in [3.63, 3.8) is 0 Å². The van der Waals surface area contributed by atoms with Crippen molar-refractivity contribution in [2.75, 3.05) is 31.1 Å². The summed E-state index contributed by atoms with van der Waals surface area (Å²) in [5.41, 5.74) is 8.30. The first-order valence-electron chi connectivity index (χ1n) is 7.54. The molecule has 1 fully saturated rings. The Bertz CT molecular complexity index is 592. The molecule has 1 aliphatic heterocycles. The van der Waals surface area contributed by atoms with Crippen LogP contribution in [0, 0.1) is 6.92 Å². The molecule has 1 amide bonds. The highest BCUT2D eigenvalue weighted by atomic mass is 16.1. The van der Waals surface area contributed by atoms with Gasteiger partial charge in [-0.15, -0.1) is 0 Å². The Kier molecular flexibility index (Phi) is 5.98. The number of carbonyl (C=O) groups is 1. The van der Waals surface area contributed by atoms with Crippen molar-refractivity contribution in [3.05, 3.63) is 65.7 Å². The molecule has 1 heterocycles. The normalized spacial score (nSPS) is 14.0. The summed E-state index contributed by atoms with van der Waals surface area (Å²) in [6.07, 6.45) is 0. The van der Waals surface area contributed by atoms with Gasteiger partial charge < -0.3 is 16.0 Å². The van der Waals surface area contributed by atoms with Gasteiger partial charge in [0, 0.05) is 37.4 Å². The van der Waals surface area contributed by atoms with Gasteiger partial charge in [0.2, 0.25) is 5.91 Å². The van der Waals surface area contributed by atoms with Gasteiger partial charge in [0.15, 0.2) is 0 Å². The van der Waals surface area contributed by atoms with Crippen molar-refractivity contribution in [3.8, 4) is 0 Å². The smallest absolute Gasteiger partial charge is 0.248 e. The van der Waals surface area contributed by atoms with E-state index in [4.69, 9.17) is 5.73 Å². The zero-order valence-electron chi connectivity index (χ0n) is 13.0. The van der Waals surface area contributed by atoms with E-state index < -0.39 is 0 Å². The number of benzene rings is 2. The van der Waals surface area contributed by atoms with Gasteiger partial charge in [-0.1, -0.05) is 36.4 Å². The average Bonchev–Trinajstić information content (AvgIpc) is 2.57. The van der Waals surface area contributed by atoms with E-state index in [2.05, 4.69) is 41.4 Å². The molecule has 0 spiro atoms. The van der Waals surface area contributed by atoms with Crippen LogP contribution in [0.15, 0.2) is 54.6 Å². The van der Waals surface area contributed by atoms with E-state index in [9.17, 15) is 4.79 Å². The molecular formula is C18H23N3O. The number of carbonyl (C=O) groups excluding carboxylic acids is 1. The van der Waals surface area contributed by atoms with E-state index in [0.717, 1.165) is 26.2 Å². The monoisotopic (exact) mass is 297 g/mol. The summed E-state index contributed by atoms with van der Waals surface area (Å²) >= 11 is 0. The summed E-state index contributed by atoms with van der Waals surface area (Å²) < 4.78 is 0. The summed E-state index contributed by atoms with van der Waals surface area (Å²) in [6.45, 7) is 6.65. The van der Waals surface area contributed by atoms with Gasteiger partial charge in [-0.25, -0.2) is 0 Å². The first kappa shape index (κ1) is 16.0. The third-order valence-corrected chi connectivity index (χ3v) is 3.63. The van der Waals surface area contributed by atoms with Crippen LogP contribution in [0.3, 0.4) is 0 Å². The number of nitrogens with two attached hydrogens (primary N) is 1. The van der Waals surface area contributed by atoms with E-state index in [1.165, 1.54) is 11.3 Å². The molecule has 0 radical (unpaired) electrons. The number of anilines is 1. The van der Waals surface area contributed by atoms with Crippen LogP contribution in [0.1, 0.15) is 15.9 Å². The molecule has 4 nitrogen and oxygen atoms in total. The van der Waals surface area contributed by atoms with Crippen molar-refractivity contribution in [2.45, 2.75) is 6.92 Å². The third kappa shape index (κ3) is 4.60. The van der Waals surface area contributed by atoms with Gasteiger partial charge in [-0.05, 0) is 30.7 Å². The Hall–Kier alpha value is -2.33. The largest absolute Gasteiger partial charge is 0.369 e. The molecule has 2 aromatic rings. The van der Waals surface area contributed by atoms with E-state index in [0.29, 0.717) is 5.56 Å². The van der Waals surface area contributed by atoms with E-state index >= 15 is 0 Å². The number of hydrogen-bond acceptors (Lipinski definition) is 3. The van der Waals surface area contributed by atoms with Crippen molar-refractivity contribution in [2.24, 2.45) is 5.73 Å². The predicted molar refractivity (Wildman–Crippen MR) is 91.2 cm³/mol. The van der Waals surface area contributed by atoms with Gasteiger partial charge in [0.1, 0.15) is 0 Å². The highest BCUT2D eigenvalue weighted by Crippen LogP contribution is 2.19. The molecule has 22 heavy (non-hydrogen) atoms. The molecule has 116 valence electrons. The quantitative estimate of drug-likeness (QED) is 0.893. The minimum atomic E-state index is -0.379. The Balaban J connectivity index is 0.000000172. The zero-order valence-corrected chi connectivity index (χ0v) is 13.0. The zero-order chi connectivity index (χ0) is 15.8. The lowest BCUT2D eigenvalue weighted by atomic mass is 10.1. The number of aryl methyl sites for hydroxylation is 1. The molecule has 4 heteroatoms. The van der Waals surface area contributed by atoms with Crippen LogP contribution in [0.4, 0.5) is 5.69 Å². The molecule has 0 unspecified atom stereocenters. The molecule has 3 N–H and O–H groups in total. The first-order chi connectivity index (χ1) is 10.7. The van der Waals surface area contributed by atoms with Crippen molar-refractivity contribution in [1.82, 2.24) is 5.32 Å². The van der Waals surface area contributed by atoms with Crippen LogP contribution in [-0.2, 0) is 0 Å². The van der Waals surface area contributed by atoms with Gasteiger partial charge in [-0.2, -0.15) is 0 Å². The van der Waals surface area contributed by atoms with Crippen molar-refractivity contribution < 1.29 is 4.79 Å². The van der Waals surface area contributed by atoms with Crippen molar-refractivity contribution in [1.29, 1.82) is 0 Å². The lowest BCUT2D eigenvalue weighted by molar-refractivity contribution is 0.100. The summed E-state index contributed by atoms with van der Waals surface area (Å²) in [7, 11) is 0. The van der Waals surface area contributed by atoms with Crippen LogP contribution in [0.5, 0.6) is 0 Å². The maximum absolute atomic E-state index is 10.4. The first-order valence-corrected chi connectivity index (χ1v) is 7.54. The van der Waals surface area contributed by atoms with E-state index in [1.54, 1.807) is 24.3 Å². The molecule has 0 aliphatic carbocycles. The van der Waals surface area contributed by atoms with Gasteiger partial charge >= 0.3 is 0 Å². The third-order valence-electron chi connectivity index (χ3n) is 3.63. The highest BCUT2D eigenvalue weighted by molar-refractivity contribution is 5.92. The molecule has 0 bridgehead atoms. The second kappa shape index (κ2) is 8.20. The number of hydrogen-bond donors (Lipinski definition) is 2. The lowest BCUT2D eigenvalue weighted by Gasteiger charge is -2.30. The number of primary amides is 1. The van der Waals surface area contributed by atoms with Gasteiger partial charge in [0.05, 0.1) is 0 Å². The molecule has 3 rings (SSSR count). The SMILES string of the molecule is Cc1ccccc1N1CCNCC1.NC(=O)c1ccccc1. The number of nitrogens with zero attached hydrogens (tertiary/aromatic N) is 1. The highest BCUT2D eigenvalue weighted by Gasteiger charge is 2.11. The maximum atomic E-state index is 10.4. The number of piperazine rings is 1. The van der Waals surface area contributed by atoms with Crippen LogP contribution < -0.4 is 16.0 Å². The number of amides is 1. The summed E-state index contributed by atoms with van der Waals surface area (Å²) in [6, 6.07) is 17.4. The van der Waals surface area contributed by atoms with Gasteiger partial charge in [0.25, 0.3) is 0 Å². The fourth-order valence-corrected chi connectivity index (χ4v) is 2.43. The fourth-order valence-electron chi connectivity index (χ4n) is 2.43. The number of nitrogens with one attached hydrogen (secondary N) is 1. The second-order valence-corrected chi connectivity index (χ2v) is 5.25. The molecule has 0 atom stereocenters. The fraction of sp³-hybridized carbons (Fsp3) is 0.278. The summed E-state index contributed by atoms with van der Waals surface area (Å²) in [4.78, 5) is 12.9. The lowest BCUT2D eigenvalue weighted by Crippen LogP contribution is -2.43. The molecule has 1 saturated heterocycles. The molecule has 0 saturated carbocycles. The average molecular weight is 297 g/mol. The Labute approximate surface area is 131 Å². The van der Waals surface area contributed by atoms with E-state index in [1.807, 2.05) is 6.07 Å². The minimum Gasteiger partial charge on any atom is -0.369 e. The van der Waals surface area contributed by atoms with Crippen LogP contribution in [0.25, 0.3) is 0 Å².